The van der Waals surface area contributed by atoms with Crippen LogP contribution in [0.4, 0.5) is 10.3 Å². The number of carbonyl (C=O) groups is 1. The van der Waals surface area contributed by atoms with Crippen LogP contribution in [0.2, 0.25) is 0 Å². The third-order valence-electron chi connectivity index (χ3n) is 3.70. The van der Waals surface area contributed by atoms with Crippen molar-refractivity contribution < 1.29 is 9.18 Å². The van der Waals surface area contributed by atoms with Gasteiger partial charge in [0.2, 0.25) is 11.9 Å². The van der Waals surface area contributed by atoms with Crippen molar-refractivity contribution in [3.05, 3.63) is 66.0 Å². The molecule has 0 bridgehead atoms. The molecule has 3 rings (SSSR count). The van der Waals surface area contributed by atoms with Gasteiger partial charge in [-0.3, -0.25) is 4.79 Å². The van der Waals surface area contributed by atoms with Gasteiger partial charge in [0, 0.05) is 18.5 Å². The zero-order valence-electron chi connectivity index (χ0n) is 13.9. The van der Waals surface area contributed by atoms with Gasteiger partial charge in [-0.25, -0.2) is 4.39 Å². The average molecular weight is 338 g/mol. The number of anilines is 1. The molecule has 0 radical (unpaired) electrons. The number of benzene rings is 2. The number of carbonyl (C=O) groups excluding carboxylic acids is 1. The van der Waals surface area contributed by atoms with E-state index in [-0.39, 0.29) is 11.7 Å². The number of hydrogen-bond acceptors (Lipinski definition) is 4. The molecule has 1 heterocycles. The Morgan fingerprint density at radius 1 is 1.12 bits per heavy atom. The minimum Gasteiger partial charge on any atom is -0.350 e. The van der Waals surface area contributed by atoms with Crippen molar-refractivity contribution in [3.8, 4) is 11.4 Å². The van der Waals surface area contributed by atoms with E-state index in [2.05, 4.69) is 15.4 Å². The van der Waals surface area contributed by atoms with Gasteiger partial charge >= 0.3 is 0 Å². The first kappa shape index (κ1) is 16.8. The van der Waals surface area contributed by atoms with Crippen LogP contribution in [0.5, 0.6) is 0 Å². The molecule has 3 aromatic rings. The van der Waals surface area contributed by atoms with Crippen LogP contribution in [-0.2, 0) is 6.54 Å². The molecule has 0 unspecified atom stereocenters. The number of rotatable bonds is 6. The molecule has 0 fully saturated rings. The van der Waals surface area contributed by atoms with Gasteiger partial charge in [0.1, 0.15) is 5.82 Å². The van der Waals surface area contributed by atoms with E-state index >= 15 is 0 Å². The van der Waals surface area contributed by atoms with E-state index in [0.29, 0.717) is 24.7 Å². The summed E-state index contributed by atoms with van der Waals surface area (Å²) in [6.07, 6.45) is 1.12. The monoisotopic (exact) mass is 338 g/mol. The van der Waals surface area contributed by atoms with Crippen molar-refractivity contribution in [2.45, 2.75) is 26.3 Å². The molecule has 0 saturated heterocycles. The summed E-state index contributed by atoms with van der Waals surface area (Å²) in [5, 5.41) is 7.48. The SMILES string of the molecule is CCCC(=O)n1nc(-c2ccccc2)nc1NCc1ccc(F)cc1. The number of nitrogens with zero attached hydrogens (tertiary/aromatic N) is 3. The highest BCUT2D eigenvalue weighted by atomic mass is 19.1. The largest absolute Gasteiger partial charge is 0.350 e. The third-order valence-corrected chi connectivity index (χ3v) is 3.70. The first-order valence-corrected chi connectivity index (χ1v) is 8.21. The third kappa shape index (κ3) is 4.09. The fraction of sp³-hybridized carbons (Fsp3) is 0.211. The Bertz CT molecular complexity index is 844. The number of nitrogens with one attached hydrogen (secondary N) is 1. The van der Waals surface area contributed by atoms with Gasteiger partial charge in [0.25, 0.3) is 0 Å². The van der Waals surface area contributed by atoms with E-state index in [1.807, 2.05) is 37.3 Å². The lowest BCUT2D eigenvalue weighted by molar-refractivity contribution is 0.0888. The maximum Gasteiger partial charge on any atom is 0.250 e. The van der Waals surface area contributed by atoms with Crippen LogP contribution < -0.4 is 5.32 Å². The van der Waals surface area contributed by atoms with Crippen LogP contribution >= 0.6 is 0 Å². The molecule has 0 amide bonds. The van der Waals surface area contributed by atoms with E-state index in [4.69, 9.17) is 0 Å². The molecule has 1 N–H and O–H groups in total. The molecule has 0 saturated carbocycles. The smallest absolute Gasteiger partial charge is 0.250 e. The first-order valence-electron chi connectivity index (χ1n) is 8.21. The molecule has 0 aliphatic carbocycles. The summed E-state index contributed by atoms with van der Waals surface area (Å²) in [4.78, 5) is 16.8. The molecule has 0 atom stereocenters. The van der Waals surface area contributed by atoms with Crippen molar-refractivity contribution in [1.82, 2.24) is 14.8 Å². The van der Waals surface area contributed by atoms with Gasteiger partial charge in [0.15, 0.2) is 5.82 Å². The zero-order chi connectivity index (χ0) is 17.6. The highest BCUT2D eigenvalue weighted by molar-refractivity contribution is 5.81. The van der Waals surface area contributed by atoms with E-state index in [0.717, 1.165) is 17.5 Å². The summed E-state index contributed by atoms with van der Waals surface area (Å²) in [6, 6.07) is 15.7. The van der Waals surface area contributed by atoms with Crippen molar-refractivity contribution in [1.29, 1.82) is 0 Å². The van der Waals surface area contributed by atoms with Crippen molar-refractivity contribution >= 4 is 11.9 Å². The zero-order valence-corrected chi connectivity index (χ0v) is 13.9. The van der Waals surface area contributed by atoms with E-state index < -0.39 is 0 Å². The quantitative estimate of drug-likeness (QED) is 0.734. The summed E-state index contributed by atoms with van der Waals surface area (Å²) in [5.74, 6) is 0.489. The Hall–Kier alpha value is -3.02. The van der Waals surface area contributed by atoms with E-state index in [9.17, 15) is 9.18 Å². The number of halogens is 1. The van der Waals surface area contributed by atoms with Crippen LogP contribution in [0.1, 0.15) is 30.1 Å². The van der Waals surface area contributed by atoms with Gasteiger partial charge in [-0.15, -0.1) is 5.10 Å². The standard InChI is InChI=1S/C19H19FN4O/c1-2-6-17(25)24-19(21-13-14-9-11-16(20)12-10-14)22-18(23-24)15-7-4-3-5-8-15/h3-5,7-12H,2,6,13H2,1H3,(H,21,22,23). The van der Waals surface area contributed by atoms with E-state index in [1.54, 1.807) is 12.1 Å². The van der Waals surface area contributed by atoms with Gasteiger partial charge < -0.3 is 5.32 Å². The number of hydrogen-bond donors (Lipinski definition) is 1. The molecule has 0 spiro atoms. The summed E-state index contributed by atoms with van der Waals surface area (Å²) in [6.45, 7) is 2.37. The molecule has 1 aromatic heterocycles. The second-order valence-corrected chi connectivity index (χ2v) is 5.66. The maximum absolute atomic E-state index is 13.0. The molecule has 6 heteroatoms. The predicted molar refractivity (Wildman–Crippen MR) is 94.7 cm³/mol. The topological polar surface area (TPSA) is 59.8 Å². The lowest BCUT2D eigenvalue weighted by Crippen LogP contribution is -2.16. The molecule has 0 aliphatic rings. The van der Waals surface area contributed by atoms with Gasteiger partial charge in [-0.2, -0.15) is 9.67 Å². The fourth-order valence-corrected chi connectivity index (χ4v) is 2.41. The lowest BCUT2D eigenvalue weighted by atomic mass is 10.2. The van der Waals surface area contributed by atoms with Crippen molar-refractivity contribution in [2.24, 2.45) is 0 Å². The highest BCUT2D eigenvalue weighted by Crippen LogP contribution is 2.18. The van der Waals surface area contributed by atoms with E-state index in [1.165, 1.54) is 16.8 Å². The number of aromatic nitrogens is 3. The van der Waals surface area contributed by atoms with Gasteiger partial charge in [0.05, 0.1) is 0 Å². The second-order valence-electron chi connectivity index (χ2n) is 5.66. The second kappa shape index (κ2) is 7.70. The molecular formula is C19H19FN4O. The Labute approximate surface area is 145 Å². The van der Waals surface area contributed by atoms with Crippen molar-refractivity contribution in [2.75, 3.05) is 5.32 Å². The first-order chi connectivity index (χ1) is 12.2. The average Bonchev–Trinajstić information content (AvgIpc) is 3.07. The van der Waals surface area contributed by atoms with Crippen LogP contribution in [-0.4, -0.2) is 20.7 Å². The molecule has 128 valence electrons. The van der Waals surface area contributed by atoms with Crippen LogP contribution in [0.25, 0.3) is 11.4 Å². The van der Waals surface area contributed by atoms with Gasteiger partial charge in [-0.05, 0) is 24.1 Å². The Kier molecular flexibility index (Phi) is 5.18. The highest BCUT2D eigenvalue weighted by Gasteiger charge is 2.16. The molecular weight excluding hydrogens is 319 g/mol. The van der Waals surface area contributed by atoms with Crippen LogP contribution in [0.15, 0.2) is 54.6 Å². The predicted octanol–water partition coefficient (Wildman–Crippen LogP) is 4.14. The minimum absolute atomic E-state index is 0.112. The van der Waals surface area contributed by atoms with Gasteiger partial charge in [-0.1, -0.05) is 49.4 Å². The summed E-state index contributed by atoms with van der Waals surface area (Å²) >= 11 is 0. The maximum atomic E-state index is 13.0. The molecule has 0 aliphatic heterocycles. The molecule has 25 heavy (non-hydrogen) atoms. The minimum atomic E-state index is -0.281. The summed E-state index contributed by atoms with van der Waals surface area (Å²) < 4.78 is 14.3. The lowest BCUT2D eigenvalue weighted by Gasteiger charge is -2.06. The fourth-order valence-electron chi connectivity index (χ4n) is 2.41. The Morgan fingerprint density at radius 2 is 1.84 bits per heavy atom. The Morgan fingerprint density at radius 3 is 2.52 bits per heavy atom. The summed E-state index contributed by atoms with van der Waals surface area (Å²) in [5.41, 5.74) is 1.73. The normalized spacial score (nSPS) is 10.6. The van der Waals surface area contributed by atoms with Crippen molar-refractivity contribution in [3.63, 3.8) is 0 Å². The molecule has 2 aromatic carbocycles. The summed E-state index contributed by atoms with van der Waals surface area (Å²) in [7, 11) is 0. The van der Waals surface area contributed by atoms with Crippen LogP contribution in [0.3, 0.4) is 0 Å². The van der Waals surface area contributed by atoms with Crippen LogP contribution in [0, 0.1) is 5.82 Å². The Balaban J connectivity index is 1.86. The molecule has 5 nitrogen and oxygen atoms in total.